The van der Waals surface area contributed by atoms with E-state index in [1.165, 1.54) is 0 Å². The summed E-state index contributed by atoms with van der Waals surface area (Å²) >= 11 is 0. The third-order valence-corrected chi connectivity index (χ3v) is 2.84. The van der Waals surface area contributed by atoms with Crippen LogP contribution in [0.3, 0.4) is 0 Å². The maximum absolute atomic E-state index is 13.5. The number of aryl methyl sites for hydroxylation is 1. The Balaban J connectivity index is 2.10. The van der Waals surface area contributed by atoms with Crippen molar-refractivity contribution in [2.75, 3.05) is 11.1 Å². The lowest BCUT2D eigenvalue weighted by Gasteiger charge is -2.09. The maximum Gasteiger partial charge on any atom is 0.228 e. The van der Waals surface area contributed by atoms with Gasteiger partial charge in [-0.25, -0.2) is 8.78 Å². The molecule has 1 amide bonds. The molecule has 0 saturated carbocycles. The predicted octanol–water partition coefficient (Wildman–Crippen LogP) is 3.04. The highest BCUT2D eigenvalue weighted by Crippen LogP contribution is 2.23. The summed E-state index contributed by atoms with van der Waals surface area (Å²) in [5.41, 5.74) is 7.05. The Bertz CT molecular complexity index is 616. The summed E-state index contributed by atoms with van der Waals surface area (Å²) < 4.78 is 26.4. The van der Waals surface area contributed by atoms with Crippen LogP contribution >= 0.6 is 0 Å². The second-order valence-corrected chi connectivity index (χ2v) is 4.56. The Hall–Kier alpha value is -2.43. The summed E-state index contributed by atoms with van der Waals surface area (Å²) in [6, 6.07) is 9.05. The van der Waals surface area contributed by atoms with Crippen molar-refractivity contribution in [2.45, 2.75) is 13.3 Å². The molecule has 0 spiro atoms. The number of nitrogens with one attached hydrogen (secondary N) is 1. The van der Waals surface area contributed by atoms with Gasteiger partial charge in [0.15, 0.2) is 5.82 Å². The molecular formula is C15H14F2N2O. The third-order valence-electron chi connectivity index (χ3n) is 2.84. The standard InChI is InChI=1S/C15H14F2N2O/c1-9-2-4-10(5-3-9)6-14(20)19-15-12(17)7-11(16)8-13(15)18/h2-5,7-8H,6,18H2,1H3,(H,19,20). The molecule has 0 fully saturated rings. The van der Waals surface area contributed by atoms with E-state index >= 15 is 0 Å². The lowest BCUT2D eigenvalue weighted by molar-refractivity contribution is -0.115. The van der Waals surface area contributed by atoms with Gasteiger partial charge in [-0.2, -0.15) is 0 Å². The van der Waals surface area contributed by atoms with E-state index in [2.05, 4.69) is 5.32 Å². The second kappa shape index (κ2) is 5.69. The number of rotatable bonds is 3. The number of anilines is 2. The minimum absolute atomic E-state index is 0.0938. The Morgan fingerprint density at radius 3 is 2.45 bits per heavy atom. The largest absolute Gasteiger partial charge is 0.397 e. The van der Waals surface area contributed by atoms with E-state index in [1.54, 1.807) is 0 Å². The van der Waals surface area contributed by atoms with Gasteiger partial charge in [0, 0.05) is 6.07 Å². The molecule has 0 heterocycles. The monoisotopic (exact) mass is 276 g/mol. The summed E-state index contributed by atoms with van der Waals surface area (Å²) in [6.07, 6.45) is 0.0938. The molecule has 104 valence electrons. The van der Waals surface area contributed by atoms with Crippen molar-refractivity contribution < 1.29 is 13.6 Å². The molecule has 0 aliphatic rings. The van der Waals surface area contributed by atoms with E-state index in [0.717, 1.165) is 17.2 Å². The number of hydrogen-bond donors (Lipinski definition) is 2. The van der Waals surface area contributed by atoms with Crippen LogP contribution in [0.2, 0.25) is 0 Å². The Morgan fingerprint density at radius 1 is 1.20 bits per heavy atom. The molecule has 0 atom stereocenters. The molecule has 0 saturated heterocycles. The first kappa shape index (κ1) is 14.0. The van der Waals surface area contributed by atoms with Gasteiger partial charge >= 0.3 is 0 Å². The topological polar surface area (TPSA) is 55.1 Å². The van der Waals surface area contributed by atoms with Gasteiger partial charge in [-0.15, -0.1) is 0 Å². The Labute approximate surface area is 115 Å². The Kier molecular flexibility index (Phi) is 3.98. The lowest BCUT2D eigenvalue weighted by atomic mass is 10.1. The molecule has 2 rings (SSSR count). The number of hydrogen-bond acceptors (Lipinski definition) is 2. The number of halogens is 2. The first-order valence-electron chi connectivity index (χ1n) is 6.05. The quantitative estimate of drug-likeness (QED) is 0.847. The van der Waals surface area contributed by atoms with Crippen LogP contribution in [0.1, 0.15) is 11.1 Å². The minimum Gasteiger partial charge on any atom is -0.397 e. The summed E-state index contributed by atoms with van der Waals surface area (Å²) in [6.45, 7) is 1.94. The SMILES string of the molecule is Cc1ccc(CC(=O)Nc2c(N)cc(F)cc2F)cc1. The molecule has 0 aliphatic carbocycles. The van der Waals surface area contributed by atoms with Crippen molar-refractivity contribution in [3.8, 4) is 0 Å². The van der Waals surface area contributed by atoms with Gasteiger partial charge in [0.05, 0.1) is 12.1 Å². The van der Waals surface area contributed by atoms with Crippen molar-refractivity contribution in [3.05, 3.63) is 59.2 Å². The molecule has 0 bridgehead atoms. The van der Waals surface area contributed by atoms with Gasteiger partial charge in [0.2, 0.25) is 5.91 Å². The van der Waals surface area contributed by atoms with Crippen LogP contribution in [0.25, 0.3) is 0 Å². The van der Waals surface area contributed by atoms with E-state index in [1.807, 2.05) is 31.2 Å². The normalized spacial score (nSPS) is 10.3. The molecular weight excluding hydrogens is 262 g/mol. The van der Waals surface area contributed by atoms with E-state index < -0.39 is 17.5 Å². The lowest BCUT2D eigenvalue weighted by Crippen LogP contribution is -2.16. The molecule has 0 aromatic heterocycles. The van der Waals surface area contributed by atoms with Crippen molar-refractivity contribution >= 4 is 17.3 Å². The summed E-state index contributed by atoms with van der Waals surface area (Å²) in [7, 11) is 0. The number of benzene rings is 2. The van der Waals surface area contributed by atoms with Crippen molar-refractivity contribution in [1.29, 1.82) is 0 Å². The molecule has 2 aromatic carbocycles. The smallest absolute Gasteiger partial charge is 0.228 e. The van der Waals surface area contributed by atoms with E-state index in [4.69, 9.17) is 5.73 Å². The van der Waals surface area contributed by atoms with Crippen LogP contribution in [0.5, 0.6) is 0 Å². The number of carbonyl (C=O) groups excluding carboxylic acids is 1. The fraction of sp³-hybridized carbons (Fsp3) is 0.133. The zero-order valence-corrected chi connectivity index (χ0v) is 10.9. The fourth-order valence-corrected chi connectivity index (χ4v) is 1.80. The average Bonchev–Trinajstić information content (AvgIpc) is 2.36. The number of nitrogens with two attached hydrogens (primary N) is 1. The zero-order valence-electron chi connectivity index (χ0n) is 10.9. The zero-order chi connectivity index (χ0) is 14.7. The van der Waals surface area contributed by atoms with Crippen LogP contribution < -0.4 is 11.1 Å². The minimum atomic E-state index is -0.889. The van der Waals surface area contributed by atoms with Crippen molar-refractivity contribution in [3.63, 3.8) is 0 Å². The van der Waals surface area contributed by atoms with Gasteiger partial charge in [0.1, 0.15) is 11.5 Å². The summed E-state index contributed by atoms with van der Waals surface area (Å²) in [4.78, 5) is 11.8. The number of carbonyl (C=O) groups is 1. The molecule has 0 aliphatic heterocycles. The van der Waals surface area contributed by atoms with Crippen LogP contribution in [0.4, 0.5) is 20.2 Å². The van der Waals surface area contributed by atoms with Crippen LogP contribution in [0.15, 0.2) is 36.4 Å². The van der Waals surface area contributed by atoms with Gasteiger partial charge in [-0.1, -0.05) is 29.8 Å². The van der Waals surface area contributed by atoms with Crippen LogP contribution in [-0.4, -0.2) is 5.91 Å². The van der Waals surface area contributed by atoms with Crippen LogP contribution in [0, 0.1) is 18.6 Å². The number of nitrogen functional groups attached to an aromatic ring is 1. The maximum atomic E-state index is 13.5. The highest BCUT2D eigenvalue weighted by molar-refractivity contribution is 5.95. The second-order valence-electron chi connectivity index (χ2n) is 4.56. The van der Waals surface area contributed by atoms with Gasteiger partial charge in [-0.05, 0) is 18.6 Å². The fourth-order valence-electron chi connectivity index (χ4n) is 1.80. The highest BCUT2D eigenvalue weighted by Gasteiger charge is 2.12. The molecule has 2 aromatic rings. The van der Waals surface area contributed by atoms with Gasteiger partial charge in [0.25, 0.3) is 0 Å². The average molecular weight is 276 g/mol. The van der Waals surface area contributed by atoms with Gasteiger partial charge in [-0.3, -0.25) is 4.79 Å². The van der Waals surface area contributed by atoms with Gasteiger partial charge < -0.3 is 11.1 Å². The van der Waals surface area contributed by atoms with E-state index in [9.17, 15) is 13.6 Å². The summed E-state index contributed by atoms with van der Waals surface area (Å²) in [5, 5.41) is 2.36. The Morgan fingerprint density at radius 2 is 1.85 bits per heavy atom. The highest BCUT2D eigenvalue weighted by atomic mass is 19.1. The summed E-state index contributed by atoms with van der Waals surface area (Å²) in [5.74, 6) is -2.08. The molecule has 20 heavy (non-hydrogen) atoms. The third kappa shape index (κ3) is 3.32. The number of amides is 1. The van der Waals surface area contributed by atoms with Crippen molar-refractivity contribution in [1.82, 2.24) is 0 Å². The molecule has 0 radical (unpaired) electrons. The predicted molar refractivity (Wildman–Crippen MR) is 74.3 cm³/mol. The van der Waals surface area contributed by atoms with E-state index in [-0.39, 0.29) is 17.8 Å². The molecule has 3 nitrogen and oxygen atoms in total. The van der Waals surface area contributed by atoms with E-state index in [0.29, 0.717) is 6.07 Å². The molecule has 0 unspecified atom stereocenters. The molecule has 3 N–H and O–H groups in total. The first-order valence-corrected chi connectivity index (χ1v) is 6.05. The van der Waals surface area contributed by atoms with Crippen LogP contribution in [-0.2, 0) is 11.2 Å². The molecule has 5 heteroatoms. The first-order chi connectivity index (χ1) is 9.45. The van der Waals surface area contributed by atoms with Crippen molar-refractivity contribution in [2.24, 2.45) is 0 Å².